The number of ether oxygens (including phenoxy) is 2. The number of esters is 1. The van der Waals surface area contributed by atoms with Crippen molar-refractivity contribution in [3.8, 4) is 17.6 Å². The first kappa shape index (κ1) is 28.2. The third kappa shape index (κ3) is 6.09. The van der Waals surface area contributed by atoms with Crippen molar-refractivity contribution in [2.45, 2.75) is 30.8 Å². The molecule has 202 valence electrons. The zero-order valence-electron chi connectivity index (χ0n) is 21.5. The second-order valence-electron chi connectivity index (χ2n) is 8.58. The van der Waals surface area contributed by atoms with Crippen molar-refractivity contribution >= 4 is 39.2 Å². The monoisotopic (exact) mass is 566 g/mol. The topological polar surface area (TPSA) is 93.2 Å². The average Bonchev–Trinajstić information content (AvgIpc) is 3.13. The van der Waals surface area contributed by atoms with Crippen molar-refractivity contribution < 1.29 is 27.5 Å². The highest BCUT2D eigenvalue weighted by atomic mass is 35.5. The van der Waals surface area contributed by atoms with Gasteiger partial charge in [-0.05, 0) is 48.0 Å². The second kappa shape index (κ2) is 12.3. The summed E-state index contributed by atoms with van der Waals surface area (Å²) in [6.45, 7) is 1.68. The summed E-state index contributed by atoms with van der Waals surface area (Å²) in [7, 11) is -3.04. The summed E-state index contributed by atoms with van der Waals surface area (Å²) >= 11 is 6.31. The summed E-state index contributed by atoms with van der Waals surface area (Å²) in [4.78, 5) is 28.1. The maximum Gasteiger partial charge on any atom is 0.326 e. The zero-order valence-corrected chi connectivity index (χ0v) is 23.0. The van der Waals surface area contributed by atoms with Gasteiger partial charge in [0.1, 0.15) is 18.4 Å². The van der Waals surface area contributed by atoms with E-state index in [-0.39, 0.29) is 35.2 Å². The van der Waals surface area contributed by atoms with E-state index >= 15 is 0 Å². The van der Waals surface area contributed by atoms with Crippen molar-refractivity contribution in [1.82, 2.24) is 4.31 Å². The predicted octanol–water partition coefficient (Wildman–Crippen LogP) is 4.53. The van der Waals surface area contributed by atoms with Gasteiger partial charge in [-0.25, -0.2) is 8.42 Å². The average molecular weight is 567 g/mol. The van der Waals surface area contributed by atoms with E-state index in [1.54, 1.807) is 48.5 Å². The molecular formula is C29H27ClN2O6S. The number of halogens is 1. The first-order valence-electron chi connectivity index (χ1n) is 12.2. The van der Waals surface area contributed by atoms with Gasteiger partial charge in [0.15, 0.2) is 0 Å². The minimum Gasteiger partial charge on any atom is -0.481 e. The fourth-order valence-electron chi connectivity index (χ4n) is 4.24. The van der Waals surface area contributed by atoms with E-state index in [2.05, 4.69) is 11.8 Å². The van der Waals surface area contributed by atoms with Crippen molar-refractivity contribution in [1.29, 1.82) is 0 Å². The highest BCUT2D eigenvalue weighted by Crippen LogP contribution is 2.33. The number of fused-ring (bicyclic) bond motifs is 1. The van der Waals surface area contributed by atoms with E-state index in [0.717, 1.165) is 4.31 Å². The van der Waals surface area contributed by atoms with Gasteiger partial charge in [-0.1, -0.05) is 54.8 Å². The molecule has 0 aliphatic carbocycles. The van der Waals surface area contributed by atoms with Crippen LogP contribution in [0, 0.1) is 11.8 Å². The Hall–Kier alpha value is -3.84. The van der Waals surface area contributed by atoms with Gasteiger partial charge in [-0.15, -0.1) is 5.92 Å². The molecule has 1 aliphatic rings. The van der Waals surface area contributed by atoms with Crippen molar-refractivity contribution in [2.75, 3.05) is 25.2 Å². The van der Waals surface area contributed by atoms with Crippen molar-refractivity contribution in [2.24, 2.45) is 0 Å². The third-order valence-corrected chi connectivity index (χ3v) is 8.38. The molecule has 8 nitrogen and oxygen atoms in total. The SMILES string of the molecule is CCC#CCOc1ccc(S(=O)(=O)N2Cc3ccccc3N(C(=O)c3ccccc3Cl)CC2C(=O)OC)cc1. The molecule has 10 heteroatoms. The van der Waals surface area contributed by atoms with E-state index in [0.29, 0.717) is 23.4 Å². The molecule has 0 aromatic heterocycles. The number of amides is 1. The van der Waals surface area contributed by atoms with E-state index in [4.69, 9.17) is 21.1 Å². The number of carbonyl (C=O) groups excluding carboxylic acids is 2. The molecule has 0 radical (unpaired) electrons. The molecule has 0 saturated carbocycles. The van der Waals surface area contributed by atoms with Crippen LogP contribution in [0.25, 0.3) is 0 Å². The lowest BCUT2D eigenvalue weighted by Gasteiger charge is -2.29. The molecule has 1 heterocycles. The minimum atomic E-state index is -4.22. The number of para-hydroxylation sites is 1. The molecule has 1 aliphatic heterocycles. The molecule has 0 spiro atoms. The van der Waals surface area contributed by atoms with Crippen LogP contribution in [-0.2, 0) is 26.1 Å². The van der Waals surface area contributed by atoms with Crippen LogP contribution in [0.3, 0.4) is 0 Å². The fourth-order valence-corrected chi connectivity index (χ4v) is 6.00. The molecule has 1 amide bonds. The van der Waals surface area contributed by atoms with Crippen LogP contribution in [0.2, 0.25) is 5.02 Å². The lowest BCUT2D eigenvalue weighted by molar-refractivity contribution is -0.144. The number of hydrogen-bond acceptors (Lipinski definition) is 6. The Labute approximate surface area is 233 Å². The second-order valence-corrected chi connectivity index (χ2v) is 10.9. The molecule has 39 heavy (non-hydrogen) atoms. The van der Waals surface area contributed by atoms with E-state index in [1.165, 1.54) is 36.3 Å². The predicted molar refractivity (Wildman–Crippen MR) is 148 cm³/mol. The van der Waals surface area contributed by atoms with Crippen LogP contribution in [0.1, 0.15) is 29.3 Å². The Bertz CT molecular complexity index is 1530. The van der Waals surface area contributed by atoms with Gasteiger partial charge in [-0.3, -0.25) is 9.59 Å². The zero-order chi connectivity index (χ0) is 28.0. The number of methoxy groups -OCH3 is 1. The molecule has 0 N–H and O–H groups in total. The van der Waals surface area contributed by atoms with Crippen LogP contribution >= 0.6 is 11.6 Å². The normalized spacial score (nSPS) is 15.4. The molecule has 3 aromatic rings. The van der Waals surface area contributed by atoms with Crippen LogP contribution < -0.4 is 9.64 Å². The van der Waals surface area contributed by atoms with Crippen LogP contribution in [-0.4, -0.2) is 50.9 Å². The summed E-state index contributed by atoms with van der Waals surface area (Å²) in [6, 6.07) is 18.1. The highest BCUT2D eigenvalue weighted by molar-refractivity contribution is 7.89. The molecule has 1 unspecified atom stereocenters. The van der Waals surface area contributed by atoms with Crippen molar-refractivity contribution in [3.63, 3.8) is 0 Å². The van der Waals surface area contributed by atoms with Gasteiger partial charge in [0.2, 0.25) is 10.0 Å². The number of nitrogens with zero attached hydrogens (tertiary/aromatic N) is 2. The molecule has 1 atom stereocenters. The van der Waals surface area contributed by atoms with Crippen LogP contribution in [0.5, 0.6) is 5.75 Å². The third-order valence-electron chi connectivity index (χ3n) is 6.18. The Balaban J connectivity index is 1.73. The Morgan fingerprint density at radius 2 is 1.69 bits per heavy atom. The maximum atomic E-state index is 13.9. The van der Waals surface area contributed by atoms with Gasteiger partial charge < -0.3 is 14.4 Å². The lowest BCUT2D eigenvalue weighted by atomic mass is 10.1. The first-order chi connectivity index (χ1) is 18.8. The number of anilines is 1. The molecule has 0 bridgehead atoms. The first-order valence-corrected chi connectivity index (χ1v) is 14.0. The number of rotatable bonds is 6. The van der Waals surface area contributed by atoms with Gasteiger partial charge in [0, 0.05) is 18.7 Å². The molecular weight excluding hydrogens is 540 g/mol. The maximum absolute atomic E-state index is 13.9. The Morgan fingerprint density at radius 1 is 1.00 bits per heavy atom. The fraction of sp³-hybridized carbons (Fsp3) is 0.241. The summed E-state index contributed by atoms with van der Waals surface area (Å²) in [5.74, 6) is 4.96. The Kier molecular flexibility index (Phi) is 8.92. The van der Waals surface area contributed by atoms with Crippen molar-refractivity contribution in [3.05, 3.63) is 88.9 Å². The largest absolute Gasteiger partial charge is 0.481 e. The molecule has 3 aromatic carbocycles. The number of sulfonamides is 1. The van der Waals surface area contributed by atoms with Crippen LogP contribution in [0.4, 0.5) is 5.69 Å². The summed E-state index contributed by atoms with van der Waals surface area (Å²) in [5.41, 5.74) is 1.25. The van der Waals surface area contributed by atoms with E-state index in [1.807, 2.05) is 6.92 Å². The lowest BCUT2D eigenvalue weighted by Crippen LogP contribution is -2.50. The highest BCUT2D eigenvalue weighted by Gasteiger charge is 2.42. The van der Waals surface area contributed by atoms with Gasteiger partial charge in [0.25, 0.3) is 5.91 Å². The molecule has 0 fully saturated rings. The van der Waals surface area contributed by atoms with Gasteiger partial charge in [-0.2, -0.15) is 4.31 Å². The smallest absolute Gasteiger partial charge is 0.326 e. The summed E-state index contributed by atoms with van der Waals surface area (Å²) in [5, 5.41) is 0.242. The summed E-state index contributed by atoms with van der Waals surface area (Å²) < 4.78 is 39.5. The number of benzene rings is 3. The quantitative estimate of drug-likeness (QED) is 0.322. The molecule has 0 saturated heterocycles. The van der Waals surface area contributed by atoms with E-state index in [9.17, 15) is 18.0 Å². The standard InChI is InChI=1S/C29H27ClN2O6S/c1-3-4-9-18-38-22-14-16-23(17-15-22)39(35,36)32-19-21-10-5-8-13-26(21)31(20-27(32)29(34)37-2)28(33)24-11-6-7-12-25(24)30/h5-8,10-17,27H,3,18-20H2,1-2H3. The van der Waals surface area contributed by atoms with Gasteiger partial charge in [0.05, 0.1) is 29.1 Å². The molecule has 4 rings (SSSR count). The number of hydrogen-bond donors (Lipinski definition) is 0. The minimum absolute atomic E-state index is 0.0354. The Morgan fingerprint density at radius 3 is 2.38 bits per heavy atom. The number of carbonyl (C=O) groups is 2. The van der Waals surface area contributed by atoms with Crippen LogP contribution in [0.15, 0.2) is 77.7 Å². The van der Waals surface area contributed by atoms with Gasteiger partial charge >= 0.3 is 5.97 Å². The van der Waals surface area contributed by atoms with E-state index < -0.39 is 27.9 Å². The summed E-state index contributed by atoms with van der Waals surface area (Å²) in [6.07, 6.45) is 0.711.